The number of methoxy groups -OCH3 is 1. The Labute approximate surface area is 104 Å². The molecule has 1 fully saturated rings. The summed E-state index contributed by atoms with van der Waals surface area (Å²) in [7, 11) is 1.61. The van der Waals surface area contributed by atoms with Crippen LogP contribution >= 0.6 is 0 Å². The molecule has 0 spiro atoms. The number of carbonyl (C=O) groups excluding carboxylic acids is 1. The van der Waals surface area contributed by atoms with Crippen LogP contribution in [-0.4, -0.2) is 43.4 Å². The van der Waals surface area contributed by atoms with Crippen LogP contribution in [0, 0.1) is 0 Å². The maximum atomic E-state index is 11.9. The van der Waals surface area contributed by atoms with E-state index in [1.54, 1.807) is 13.2 Å². The molecule has 0 aromatic carbocycles. The van der Waals surface area contributed by atoms with Crippen molar-refractivity contribution in [1.29, 1.82) is 0 Å². The van der Waals surface area contributed by atoms with Gasteiger partial charge in [-0.1, -0.05) is 0 Å². The van der Waals surface area contributed by atoms with Gasteiger partial charge < -0.3 is 19.8 Å². The summed E-state index contributed by atoms with van der Waals surface area (Å²) in [5, 5.41) is 2.76. The number of rotatable bonds is 4. The van der Waals surface area contributed by atoms with Gasteiger partial charge in [-0.05, 0) is 6.07 Å². The highest BCUT2D eigenvalue weighted by molar-refractivity contribution is 5.93. The molecule has 6 nitrogen and oxygen atoms in total. The Kier molecular flexibility index (Phi) is 3.78. The van der Waals surface area contributed by atoms with Gasteiger partial charge in [0.05, 0.1) is 6.61 Å². The Morgan fingerprint density at radius 2 is 2.50 bits per heavy atom. The molecule has 1 aliphatic heterocycles. The van der Waals surface area contributed by atoms with E-state index in [9.17, 15) is 9.59 Å². The highest BCUT2D eigenvalue weighted by Crippen LogP contribution is 2.21. The van der Waals surface area contributed by atoms with Crippen LogP contribution in [-0.2, 0) is 9.47 Å². The summed E-state index contributed by atoms with van der Waals surface area (Å²) in [4.78, 5) is 25.4. The predicted octanol–water partition coefficient (Wildman–Crippen LogP) is -0.0898. The van der Waals surface area contributed by atoms with E-state index in [-0.39, 0.29) is 11.5 Å². The van der Waals surface area contributed by atoms with Crippen LogP contribution in [0.3, 0.4) is 0 Å². The molecular formula is C12H16N2O4. The van der Waals surface area contributed by atoms with Crippen molar-refractivity contribution in [3.63, 3.8) is 0 Å². The fraction of sp³-hybridized carbons (Fsp3) is 0.500. The van der Waals surface area contributed by atoms with Gasteiger partial charge in [-0.2, -0.15) is 0 Å². The van der Waals surface area contributed by atoms with Crippen LogP contribution in [0.4, 0.5) is 0 Å². The lowest BCUT2D eigenvalue weighted by atomic mass is 10.0. The number of aromatic nitrogens is 1. The van der Waals surface area contributed by atoms with Gasteiger partial charge in [-0.25, -0.2) is 0 Å². The fourth-order valence-electron chi connectivity index (χ4n) is 1.89. The Morgan fingerprint density at radius 3 is 3.11 bits per heavy atom. The summed E-state index contributed by atoms with van der Waals surface area (Å²) in [5.74, 6) is -0.288. The predicted molar refractivity (Wildman–Crippen MR) is 64.6 cm³/mol. The largest absolute Gasteiger partial charge is 0.378 e. The molecule has 18 heavy (non-hydrogen) atoms. The number of hydrogen-bond donors (Lipinski definition) is 2. The smallest absolute Gasteiger partial charge is 0.251 e. The van der Waals surface area contributed by atoms with Crippen molar-refractivity contribution in [3.8, 4) is 0 Å². The minimum atomic E-state index is -0.448. The molecule has 1 saturated heterocycles. The standard InChI is InChI=1S/C12H16N2O4/c1-17-12(3-5-18-8-12)7-14-11(16)9-2-4-13-10(15)6-9/h2,4,6H,3,5,7-8H2,1H3,(H,13,15)(H,14,16). The van der Waals surface area contributed by atoms with E-state index in [0.717, 1.165) is 6.42 Å². The maximum absolute atomic E-state index is 11.9. The van der Waals surface area contributed by atoms with Crippen molar-refractivity contribution in [3.05, 3.63) is 34.2 Å². The van der Waals surface area contributed by atoms with Crippen molar-refractivity contribution in [2.75, 3.05) is 26.9 Å². The monoisotopic (exact) mass is 252 g/mol. The molecule has 98 valence electrons. The van der Waals surface area contributed by atoms with Crippen LogP contribution < -0.4 is 10.9 Å². The molecule has 1 aromatic heterocycles. The third kappa shape index (κ3) is 2.77. The van der Waals surface area contributed by atoms with Gasteiger partial charge in [0.25, 0.3) is 5.91 Å². The third-order valence-corrected chi connectivity index (χ3v) is 3.11. The molecule has 6 heteroatoms. The normalized spacial score (nSPS) is 22.9. The summed E-state index contributed by atoms with van der Waals surface area (Å²) in [6.07, 6.45) is 2.20. The molecule has 2 N–H and O–H groups in total. The van der Waals surface area contributed by atoms with Crippen LogP contribution in [0.25, 0.3) is 0 Å². The minimum absolute atomic E-state index is 0.288. The van der Waals surface area contributed by atoms with Crippen LogP contribution in [0.1, 0.15) is 16.8 Å². The van der Waals surface area contributed by atoms with Crippen molar-refractivity contribution < 1.29 is 14.3 Å². The molecule has 0 aliphatic carbocycles. The van der Waals surface area contributed by atoms with Crippen molar-refractivity contribution in [2.24, 2.45) is 0 Å². The van der Waals surface area contributed by atoms with Gasteiger partial charge >= 0.3 is 0 Å². The number of ether oxygens (including phenoxy) is 2. The van der Waals surface area contributed by atoms with Crippen LogP contribution in [0.2, 0.25) is 0 Å². The first-order valence-corrected chi connectivity index (χ1v) is 5.75. The summed E-state index contributed by atoms with van der Waals surface area (Å²) in [5.41, 5.74) is -0.408. The lowest BCUT2D eigenvalue weighted by molar-refractivity contribution is -0.0148. The average molecular weight is 252 g/mol. The quantitative estimate of drug-likeness (QED) is 0.784. The molecule has 0 radical (unpaired) electrons. The molecule has 1 aliphatic rings. The number of hydrogen-bond acceptors (Lipinski definition) is 4. The molecule has 1 aromatic rings. The Bertz CT molecular complexity index is 477. The van der Waals surface area contributed by atoms with Gasteiger partial charge in [0.1, 0.15) is 5.60 Å². The molecular weight excluding hydrogens is 236 g/mol. The number of amides is 1. The van der Waals surface area contributed by atoms with E-state index in [1.165, 1.54) is 12.3 Å². The zero-order valence-corrected chi connectivity index (χ0v) is 10.2. The molecule has 2 heterocycles. The number of H-pyrrole nitrogens is 1. The molecule has 1 atom stereocenters. The molecule has 1 unspecified atom stereocenters. The van der Waals surface area contributed by atoms with Gasteiger partial charge in [-0.3, -0.25) is 9.59 Å². The number of pyridine rings is 1. The second-order valence-corrected chi connectivity index (χ2v) is 4.31. The lowest BCUT2D eigenvalue weighted by Gasteiger charge is -2.25. The van der Waals surface area contributed by atoms with Crippen LogP contribution in [0.5, 0.6) is 0 Å². The van der Waals surface area contributed by atoms with Gasteiger partial charge in [0.2, 0.25) is 5.56 Å². The molecule has 2 rings (SSSR count). The van der Waals surface area contributed by atoms with Gasteiger partial charge in [0.15, 0.2) is 0 Å². The summed E-state index contributed by atoms with van der Waals surface area (Å²) < 4.78 is 10.7. The van der Waals surface area contributed by atoms with Crippen molar-refractivity contribution >= 4 is 5.91 Å². The van der Waals surface area contributed by atoms with Crippen molar-refractivity contribution in [2.45, 2.75) is 12.0 Å². The summed E-state index contributed by atoms with van der Waals surface area (Å²) >= 11 is 0. The molecule has 0 bridgehead atoms. The highest BCUT2D eigenvalue weighted by Gasteiger charge is 2.35. The first kappa shape index (κ1) is 12.8. The highest BCUT2D eigenvalue weighted by atomic mass is 16.5. The number of carbonyl (C=O) groups is 1. The third-order valence-electron chi connectivity index (χ3n) is 3.11. The van der Waals surface area contributed by atoms with Gasteiger partial charge in [-0.15, -0.1) is 0 Å². The van der Waals surface area contributed by atoms with Crippen LogP contribution in [0.15, 0.2) is 23.1 Å². The first-order valence-electron chi connectivity index (χ1n) is 5.75. The second-order valence-electron chi connectivity index (χ2n) is 4.31. The summed E-state index contributed by atoms with van der Waals surface area (Å²) in [6, 6.07) is 2.82. The Balaban J connectivity index is 1.98. The zero-order valence-electron chi connectivity index (χ0n) is 10.2. The van der Waals surface area contributed by atoms with E-state index < -0.39 is 5.60 Å². The zero-order chi connectivity index (χ0) is 13.0. The van der Waals surface area contributed by atoms with E-state index in [1.807, 2.05) is 0 Å². The lowest BCUT2D eigenvalue weighted by Crippen LogP contribution is -2.45. The van der Waals surface area contributed by atoms with E-state index in [4.69, 9.17) is 9.47 Å². The van der Waals surface area contributed by atoms with E-state index >= 15 is 0 Å². The van der Waals surface area contributed by atoms with E-state index in [0.29, 0.717) is 25.3 Å². The summed E-state index contributed by atoms with van der Waals surface area (Å²) in [6.45, 7) is 1.48. The topological polar surface area (TPSA) is 80.4 Å². The molecule has 0 saturated carbocycles. The maximum Gasteiger partial charge on any atom is 0.251 e. The first-order chi connectivity index (χ1) is 8.65. The van der Waals surface area contributed by atoms with Gasteiger partial charge in [0, 0.05) is 44.5 Å². The number of nitrogens with one attached hydrogen (secondary N) is 2. The minimum Gasteiger partial charge on any atom is -0.378 e. The Hall–Kier alpha value is -1.66. The Morgan fingerprint density at radius 1 is 1.67 bits per heavy atom. The second kappa shape index (κ2) is 5.32. The average Bonchev–Trinajstić information content (AvgIpc) is 2.85. The molecule has 1 amide bonds. The number of aromatic amines is 1. The SMILES string of the molecule is COC1(CNC(=O)c2cc[nH]c(=O)c2)CCOC1. The van der Waals surface area contributed by atoms with E-state index in [2.05, 4.69) is 10.3 Å². The fourth-order valence-corrected chi connectivity index (χ4v) is 1.89. The van der Waals surface area contributed by atoms with Crippen molar-refractivity contribution in [1.82, 2.24) is 10.3 Å².